The van der Waals surface area contributed by atoms with Crippen molar-refractivity contribution in [2.75, 3.05) is 6.61 Å². The zero-order valence-electron chi connectivity index (χ0n) is 11.5. The van der Waals surface area contributed by atoms with Crippen LogP contribution in [0.3, 0.4) is 0 Å². The van der Waals surface area contributed by atoms with Gasteiger partial charge >= 0.3 is 6.36 Å². The fourth-order valence-electron chi connectivity index (χ4n) is 1.70. The molecule has 0 radical (unpaired) electrons. The molecule has 0 aromatic heterocycles. The van der Waals surface area contributed by atoms with Gasteiger partial charge < -0.3 is 19.4 Å². The maximum absolute atomic E-state index is 12.1. The molecule has 0 aliphatic rings. The minimum atomic E-state index is -4.85. The van der Waals surface area contributed by atoms with E-state index in [2.05, 4.69) is 4.74 Å². The lowest BCUT2D eigenvalue weighted by molar-refractivity contribution is -0.274. The van der Waals surface area contributed by atoms with Crippen molar-refractivity contribution in [1.29, 1.82) is 0 Å². The van der Waals surface area contributed by atoms with E-state index in [1.807, 2.05) is 6.92 Å². The summed E-state index contributed by atoms with van der Waals surface area (Å²) in [5, 5.41) is 10.9. The lowest BCUT2D eigenvalue weighted by Crippen LogP contribution is -2.23. The van der Waals surface area contributed by atoms with Gasteiger partial charge in [0.1, 0.15) is 11.5 Å². The van der Waals surface area contributed by atoms with E-state index in [1.165, 1.54) is 0 Å². The van der Waals surface area contributed by atoms with Crippen molar-refractivity contribution in [2.24, 2.45) is 0 Å². The van der Waals surface area contributed by atoms with Crippen LogP contribution in [-0.2, 0) is 0 Å². The number of carbonyl (C=O) groups is 1. The molecule has 1 rings (SSSR count). The Labute approximate surface area is 120 Å². The summed E-state index contributed by atoms with van der Waals surface area (Å²) in [7, 11) is 0. The molecule has 0 fully saturated rings. The third-order valence-corrected chi connectivity index (χ3v) is 2.66. The maximum Gasteiger partial charge on any atom is 0.573 e. The molecule has 1 aromatic rings. The fraction of sp³-hybridized carbons (Fsp3) is 0.500. The molecule has 0 saturated carbocycles. The zero-order chi connectivity index (χ0) is 15.9. The number of aromatic carboxylic acids is 1. The van der Waals surface area contributed by atoms with Gasteiger partial charge in [0.15, 0.2) is 0 Å². The molecule has 0 aliphatic heterocycles. The number of alkyl halides is 3. The van der Waals surface area contributed by atoms with Crippen LogP contribution in [0.2, 0.25) is 0 Å². The van der Waals surface area contributed by atoms with Gasteiger partial charge in [-0.2, -0.15) is 0 Å². The van der Waals surface area contributed by atoms with E-state index >= 15 is 0 Å². The summed E-state index contributed by atoms with van der Waals surface area (Å²) < 4.78 is 45.4. The van der Waals surface area contributed by atoms with E-state index in [-0.39, 0.29) is 17.9 Å². The summed E-state index contributed by atoms with van der Waals surface area (Å²) in [5.41, 5.74) is -0.306. The molecule has 0 heterocycles. The van der Waals surface area contributed by atoms with E-state index in [0.29, 0.717) is 6.42 Å². The highest BCUT2D eigenvalue weighted by molar-refractivity contribution is 5.89. The van der Waals surface area contributed by atoms with Crippen molar-refractivity contribution in [2.45, 2.75) is 39.0 Å². The van der Waals surface area contributed by atoms with Gasteiger partial charge in [-0.25, -0.2) is 0 Å². The van der Waals surface area contributed by atoms with E-state index in [1.54, 1.807) is 0 Å². The zero-order valence-corrected chi connectivity index (χ0v) is 11.5. The summed E-state index contributed by atoms with van der Waals surface area (Å²) in [6, 6.07) is 2.78. The normalized spacial score (nSPS) is 11.2. The Balaban J connectivity index is 2.76. The Morgan fingerprint density at radius 1 is 1.24 bits per heavy atom. The average Bonchev–Trinajstić information content (AvgIpc) is 2.36. The number of carboxylic acid groups (broad SMARTS) is 1. The number of unbranched alkanes of at least 4 members (excludes halogenated alkanes) is 3. The van der Waals surface area contributed by atoms with Crippen molar-refractivity contribution < 1.29 is 32.5 Å². The Morgan fingerprint density at radius 3 is 2.52 bits per heavy atom. The molecule has 1 aromatic carbocycles. The number of ether oxygens (including phenoxy) is 2. The van der Waals surface area contributed by atoms with Crippen molar-refractivity contribution in [3.8, 4) is 11.5 Å². The number of benzene rings is 1. The molecule has 0 bridgehead atoms. The quantitative estimate of drug-likeness (QED) is 0.693. The van der Waals surface area contributed by atoms with Gasteiger partial charge in [-0.3, -0.25) is 0 Å². The third-order valence-electron chi connectivity index (χ3n) is 2.66. The second-order valence-electron chi connectivity index (χ2n) is 4.40. The summed E-state index contributed by atoms with van der Waals surface area (Å²) in [6.45, 7) is 2.25. The monoisotopic (exact) mass is 305 g/mol. The summed E-state index contributed by atoms with van der Waals surface area (Å²) >= 11 is 0. The lowest BCUT2D eigenvalue weighted by Gasteiger charge is -2.15. The molecule has 4 nitrogen and oxygen atoms in total. The first-order chi connectivity index (χ1) is 9.83. The highest BCUT2D eigenvalue weighted by Crippen LogP contribution is 2.29. The van der Waals surface area contributed by atoms with Gasteiger partial charge in [-0.1, -0.05) is 26.2 Å². The standard InChI is InChI=1S/C14H17F3O4/c1-2-3-4-5-8-20-12-9-10(21-14(15,16)17)6-7-11(12)13(18)19/h6-7,9H,2-5,8H2,1H3,(H,18,19)/p-1. The highest BCUT2D eigenvalue weighted by Gasteiger charge is 2.31. The first-order valence-corrected chi connectivity index (χ1v) is 6.57. The Morgan fingerprint density at radius 2 is 1.95 bits per heavy atom. The first-order valence-electron chi connectivity index (χ1n) is 6.57. The minimum Gasteiger partial charge on any atom is -0.545 e. The van der Waals surface area contributed by atoms with Crippen LogP contribution in [0.1, 0.15) is 43.0 Å². The molecular formula is C14H16F3O4-. The predicted molar refractivity (Wildman–Crippen MR) is 67.1 cm³/mol. The molecule has 21 heavy (non-hydrogen) atoms. The van der Waals surface area contributed by atoms with Crippen molar-refractivity contribution in [1.82, 2.24) is 0 Å². The van der Waals surface area contributed by atoms with Crippen LogP contribution in [0.4, 0.5) is 13.2 Å². The summed E-state index contributed by atoms with van der Waals surface area (Å²) in [6.07, 6.45) is -1.23. The van der Waals surface area contributed by atoms with Crippen LogP contribution in [0, 0.1) is 0 Å². The molecule has 0 spiro atoms. The van der Waals surface area contributed by atoms with Crippen LogP contribution in [-0.4, -0.2) is 18.9 Å². The van der Waals surface area contributed by atoms with E-state index in [4.69, 9.17) is 4.74 Å². The largest absolute Gasteiger partial charge is 0.573 e. The number of hydrogen-bond acceptors (Lipinski definition) is 4. The van der Waals surface area contributed by atoms with Crippen molar-refractivity contribution in [3.05, 3.63) is 23.8 Å². The van der Waals surface area contributed by atoms with Gasteiger partial charge in [0.2, 0.25) is 0 Å². The van der Waals surface area contributed by atoms with Gasteiger partial charge in [-0.15, -0.1) is 13.2 Å². The first kappa shape index (κ1) is 17.1. The third kappa shape index (κ3) is 6.37. The molecule has 0 atom stereocenters. The van der Waals surface area contributed by atoms with Crippen LogP contribution in [0.5, 0.6) is 11.5 Å². The molecule has 0 N–H and O–H groups in total. The molecular weight excluding hydrogens is 289 g/mol. The topological polar surface area (TPSA) is 58.6 Å². The van der Waals surface area contributed by atoms with Gasteiger partial charge in [0.25, 0.3) is 0 Å². The number of hydrogen-bond donors (Lipinski definition) is 0. The second kappa shape index (κ2) is 7.75. The van der Waals surface area contributed by atoms with E-state index in [0.717, 1.165) is 37.5 Å². The fourth-order valence-corrected chi connectivity index (χ4v) is 1.70. The van der Waals surface area contributed by atoms with E-state index < -0.39 is 18.1 Å². The predicted octanol–water partition coefficient (Wildman–Crippen LogP) is 2.91. The molecule has 7 heteroatoms. The number of halogens is 3. The highest BCUT2D eigenvalue weighted by atomic mass is 19.4. The molecule has 118 valence electrons. The number of carboxylic acids is 1. The second-order valence-corrected chi connectivity index (χ2v) is 4.40. The molecule has 0 unspecified atom stereocenters. The Kier molecular flexibility index (Phi) is 6.33. The SMILES string of the molecule is CCCCCCOc1cc(OC(F)(F)F)ccc1C(=O)[O-]. The number of carbonyl (C=O) groups excluding carboxylic acids is 1. The average molecular weight is 305 g/mol. The van der Waals surface area contributed by atoms with Crippen LogP contribution in [0.15, 0.2) is 18.2 Å². The molecule has 0 amide bonds. The maximum atomic E-state index is 12.1. The van der Waals surface area contributed by atoms with Crippen LogP contribution in [0.25, 0.3) is 0 Å². The minimum absolute atomic E-state index is 0.187. The van der Waals surface area contributed by atoms with Gasteiger partial charge in [0, 0.05) is 11.6 Å². The van der Waals surface area contributed by atoms with Gasteiger partial charge in [0.05, 0.1) is 12.6 Å². The van der Waals surface area contributed by atoms with Crippen molar-refractivity contribution >= 4 is 5.97 Å². The summed E-state index contributed by atoms with van der Waals surface area (Å²) in [4.78, 5) is 10.9. The van der Waals surface area contributed by atoms with Crippen LogP contribution < -0.4 is 14.6 Å². The summed E-state index contributed by atoms with van der Waals surface area (Å²) in [5.74, 6) is -2.23. The van der Waals surface area contributed by atoms with E-state index in [9.17, 15) is 23.1 Å². The molecule has 0 aliphatic carbocycles. The van der Waals surface area contributed by atoms with Gasteiger partial charge in [-0.05, 0) is 18.6 Å². The van der Waals surface area contributed by atoms with Crippen LogP contribution >= 0.6 is 0 Å². The Hall–Kier alpha value is -1.92. The van der Waals surface area contributed by atoms with Crippen molar-refractivity contribution in [3.63, 3.8) is 0 Å². The smallest absolute Gasteiger partial charge is 0.545 e. The number of rotatable bonds is 8. The lowest BCUT2D eigenvalue weighted by atomic mass is 10.2. The molecule has 0 saturated heterocycles. The Bertz CT molecular complexity index is 472.